The fourth-order valence-electron chi connectivity index (χ4n) is 2.46. The van der Waals surface area contributed by atoms with Crippen LogP contribution >= 0.6 is 0 Å². The van der Waals surface area contributed by atoms with Crippen LogP contribution in [0.1, 0.15) is 13.8 Å². The smallest absolute Gasteiger partial charge is 0.283 e. The molecule has 1 aromatic rings. The third-order valence-electron chi connectivity index (χ3n) is 3.74. The van der Waals surface area contributed by atoms with Crippen LogP contribution < -0.4 is 10.2 Å². The molecule has 0 aliphatic carbocycles. The lowest BCUT2D eigenvalue weighted by atomic mass is 10.2. The van der Waals surface area contributed by atoms with Crippen molar-refractivity contribution in [1.82, 2.24) is 4.90 Å². The number of anilines is 2. The van der Waals surface area contributed by atoms with E-state index in [9.17, 15) is 8.42 Å². The van der Waals surface area contributed by atoms with Crippen LogP contribution in [0.2, 0.25) is 0 Å². The monoisotopic (exact) mass is 313 g/mol. The second kappa shape index (κ2) is 6.64. The maximum atomic E-state index is 10.7. The van der Waals surface area contributed by atoms with Crippen LogP contribution in [-0.2, 0) is 10.1 Å². The highest BCUT2D eigenvalue weighted by Crippen LogP contribution is 2.20. The first-order chi connectivity index (χ1) is 9.85. The lowest BCUT2D eigenvalue weighted by Crippen LogP contribution is -2.48. The minimum atomic E-state index is -3.99. The molecule has 2 N–H and O–H groups in total. The van der Waals surface area contributed by atoms with Gasteiger partial charge < -0.3 is 10.2 Å². The fourth-order valence-corrected chi connectivity index (χ4v) is 2.81. The van der Waals surface area contributed by atoms with Gasteiger partial charge >= 0.3 is 0 Å². The molecule has 1 aromatic carbocycles. The van der Waals surface area contributed by atoms with Gasteiger partial charge in [-0.15, -0.1) is 0 Å². The van der Waals surface area contributed by atoms with Gasteiger partial charge in [0.2, 0.25) is 0 Å². The van der Waals surface area contributed by atoms with E-state index in [2.05, 4.69) is 29.0 Å². The molecule has 0 unspecified atom stereocenters. The molecule has 1 saturated heterocycles. The Morgan fingerprint density at radius 3 is 2.19 bits per heavy atom. The fraction of sp³-hybridized carbons (Fsp3) is 0.571. The van der Waals surface area contributed by atoms with Gasteiger partial charge in [-0.05, 0) is 38.1 Å². The number of nitrogens with zero attached hydrogens (tertiary/aromatic N) is 2. The molecule has 0 aromatic heterocycles. The summed E-state index contributed by atoms with van der Waals surface area (Å²) in [5, 5.41) is 2.67. The van der Waals surface area contributed by atoms with E-state index >= 15 is 0 Å². The van der Waals surface area contributed by atoms with E-state index in [-0.39, 0.29) is 0 Å². The average Bonchev–Trinajstić information content (AvgIpc) is 2.45. The van der Waals surface area contributed by atoms with Gasteiger partial charge in [-0.1, -0.05) is 0 Å². The molecule has 1 fully saturated rings. The van der Waals surface area contributed by atoms with E-state index in [1.165, 1.54) is 0 Å². The van der Waals surface area contributed by atoms with Crippen molar-refractivity contribution in [3.8, 4) is 0 Å². The number of nitrogens with one attached hydrogen (secondary N) is 1. The zero-order valence-corrected chi connectivity index (χ0v) is 13.3. The minimum Gasteiger partial charge on any atom is -0.370 e. The molecular formula is C14H23N3O3S. The summed E-state index contributed by atoms with van der Waals surface area (Å²) < 4.78 is 30.1. The third-order valence-corrected chi connectivity index (χ3v) is 4.24. The highest BCUT2D eigenvalue weighted by Gasteiger charge is 2.18. The second-order valence-corrected chi connectivity index (χ2v) is 7.02. The molecule has 1 aliphatic rings. The quantitative estimate of drug-likeness (QED) is 0.802. The first-order valence-electron chi connectivity index (χ1n) is 7.13. The zero-order chi connectivity index (χ0) is 15.5. The van der Waals surface area contributed by atoms with Crippen molar-refractivity contribution < 1.29 is 13.0 Å². The molecule has 0 saturated carbocycles. The van der Waals surface area contributed by atoms with E-state index in [1.807, 2.05) is 24.3 Å². The molecule has 2 rings (SSSR count). The molecule has 1 aliphatic heterocycles. The van der Waals surface area contributed by atoms with Gasteiger partial charge in [0.05, 0.1) is 0 Å². The normalized spacial score (nSPS) is 17.2. The largest absolute Gasteiger partial charge is 0.370 e. The standard InChI is InChI=1S/C14H23N3O3S/c1-12(2)16-7-9-17(10-8-16)14-5-3-13(4-6-14)15-11-21(18,19)20/h3-6,12,15H,7-11H2,1-2H3,(H,18,19,20). The van der Waals surface area contributed by atoms with Gasteiger partial charge in [0, 0.05) is 43.6 Å². The second-order valence-electron chi connectivity index (χ2n) is 5.57. The van der Waals surface area contributed by atoms with Crippen molar-refractivity contribution in [3.05, 3.63) is 24.3 Å². The summed E-state index contributed by atoms with van der Waals surface area (Å²) in [5.74, 6) is -0.473. The molecule has 6 nitrogen and oxygen atoms in total. The van der Waals surface area contributed by atoms with Crippen LogP contribution in [0.25, 0.3) is 0 Å². The summed E-state index contributed by atoms with van der Waals surface area (Å²) >= 11 is 0. The van der Waals surface area contributed by atoms with Crippen molar-refractivity contribution in [2.75, 3.05) is 42.3 Å². The van der Waals surface area contributed by atoms with Crippen molar-refractivity contribution in [2.24, 2.45) is 0 Å². The molecule has 0 atom stereocenters. The predicted octanol–water partition coefficient (Wildman–Crippen LogP) is 1.47. The summed E-state index contributed by atoms with van der Waals surface area (Å²) in [7, 11) is -3.99. The lowest BCUT2D eigenvalue weighted by molar-refractivity contribution is 0.209. The summed E-state index contributed by atoms with van der Waals surface area (Å²) in [6.45, 7) is 8.53. The van der Waals surface area contributed by atoms with Crippen LogP contribution in [0.15, 0.2) is 24.3 Å². The number of hydrogen-bond acceptors (Lipinski definition) is 5. The topological polar surface area (TPSA) is 72.9 Å². The molecule has 118 valence electrons. The third kappa shape index (κ3) is 4.87. The SMILES string of the molecule is CC(C)N1CCN(c2ccc(NCS(=O)(=O)O)cc2)CC1. The summed E-state index contributed by atoms with van der Waals surface area (Å²) in [4.78, 5) is 4.78. The van der Waals surface area contributed by atoms with Gasteiger partial charge in [0.25, 0.3) is 10.1 Å². The lowest BCUT2D eigenvalue weighted by Gasteiger charge is -2.38. The number of rotatable bonds is 5. The van der Waals surface area contributed by atoms with Crippen LogP contribution in [0.3, 0.4) is 0 Å². The Morgan fingerprint density at radius 2 is 1.71 bits per heavy atom. The maximum Gasteiger partial charge on any atom is 0.283 e. The molecule has 0 bridgehead atoms. The Labute approximate surface area is 126 Å². The molecule has 0 amide bonds. The highest BCUT2D eigenvalue weighted by molar-refractivity contribution is 7.85. The van der Waals surface area contributed by atoms with E-state index in [0.717, 1.165) is 31.9 Å². The van der Waals surface area contributed by atoms with Crippen molar-refractivity contribution >= 4 is 21.5 Å². The maximum absolute atomic E-state index is 10.7. The molecular weight excluding hydrogens is 290 g/mol. The Balaban J connectivity index is 1.91. The van der Waals surface area contributed by atoms with E-state index in [1.54, 1.807) is 0 Å². The van der Waals surface area contributed by atoms with Crippen LogP contribution in [0.5, 0.6) is 0 Å². The summed E-state index contributed by atoms with van der Waals surface area (Å²) in [6, 6.07) is 8.18. The Kier molecular flexibility index (Phi) is 5.08. The Bertz CT molecular complexity index is 549. The van der Waals surface area contributed by atoms with Gasteiger partial charge in [-0.3, -0.25) is 9.45 Å². The molecule has 0 spiro atoms. The van der Waals surface area contributed by atoms with E-state index in [0.29, 0.717) is 11.7 Å². The molecule has 7 heteroatoms. The Hall–Kier alpha value is -1.31. The van der Waals surface area contributed by atoms with Crippen molar-refractivity contribution in [2.45, 2.75) is 19.9 Å². The number of benzene rings is 1. The van der Waals surface area contributed by atoms with Gasteiger partial charge in [0.1, 0.15) is 5.88 Å². The van der Waals surface area contributed by atoms with Gasteiger partial charge in [-0.2, -0.15) is 8.42 Å². The number of hydrogen-bond donors (Lipinski definition) is 2. The van der Waals surface area contributed by atoms with Crippen molar-refractivity contribution in [1.29, 1.82) is 0 Å². The van der Waals surface area contributed by atoms with E-state index in [4.69, 9.17) is 4.55 Å². The molecule has 1 heterocycles. The molecule has 21 heavy (non-hydrogen) atoms. The predicted molar refractivity (Wildman–Crippen MR) is 85.4 cm³/mol. The summed E-state index contributed by atoms with van der Waals surface area (Å²) in [6.07, 6.45) is 0. The van der Waals surface area contributed by atoms with Crippen LogP contribution in [-0.4, -0.2) is 56.0 Å². The minimum absolute atomic E-state index is 0.473. The highest BCUT2D eigenvalue weighted by atomic mass is 32.2. The molecule has 0 radical (unpaired) electrons. The van der Waals surface area contributed by atoms with Gasteiger partial charge in [0.15, 0.2) is 0 Å². The Morgan fingerprint density at radius 1 is 1.14 bits per heavy atom. The summed E-state index contributed by atoms with van der Waals surface area (Å²) in [5.41, 5.74) is 1.81. The van der Waals surface area contributed by atoms with Crippen LogP contribution in [0.4, 0.5) is 11.4 Å². The van der Waals surface area contributed by atoms with Crippen LogP contribution in [0, 0.1) is 0 Å². The first-order valence-corrected chi connectivity index (χ1v) is 8.74. The zero-order valence-electron chi connectivity index (χ0n) is 12.5. The number of piperazine rings is 1. The average molecular weight is 313 g/mol. The first kappa shape index (κ1) is 16.1. The van der Waals surface area contributed by atoms with E-state index < -0.39 is 16.0 Å². The van der Waals surface area contributed by atoms with Crippen molar-refractivity contribution in [3.63, 3.8) is 0 Å². The van der Waals surface area contributed by atoms with Gasteiger partial charge in [-0.25, -0.2) is 0 Å².